The Morgan fingerprint density at radius 3 is 2.39 bits per heavy atom. The molecule has 3 rings (SSSR count). The molecule has 0 bridgehead atoms. The van der Waals surface area contributed by atoms with E-state index in [1.165, 1.54) is 21.9 Å². The van der Waals surface area contributed by atoms with Gasteiger partial charge >= 0.3 is 0 Å². The fraction of sp³-hybridized carbons (Fsp3) is 0.238. The van der Waals surface area contributed by atoms with E-state index >= 15 is 0 Å². The summed E-state index contributed by atoms with van der Waals surface area (Å²) in [5, 5.41) is 2.41. The molecule has 0 spiro atoms. The molecule has 0 aliphatic rings. The lowest BCUT2D eigenvalue weighted by Crippen LogP contribution is -1.94. The molecule has 2 nitrogen and oxygen atoms in total. The summed E-state index contributed by atoms with van der Waals surface area (Å²) >= 11 is 0. The normalized spacial score (nSPS) is 10.8. The molecule has 3 aromatic rings. The van der Waals surface area contributed by atoms with Crippen LogP contribution in [-0.4, -0.2) is 13.7 Å². The van der Waals surface area contributed by atoms with Crippen molar-refractivity contribution < 1.29 is 9.47 Å². The highest BCUT2D eigenvalue weighted by Crippen LogP contribution is 2.37. The van der Waals surface area contributed by atoms with Gasteiger partial charge in [0.15, 0.2) is 0 Å². The third-order valence-electron chi connectivity index (χ3n) is 4.12. The average molecular weight is 306 g/mol. The lowest BCUT2D eigenvalue weighted by molar-refractivity contribution is 0.340. The van der Waals surface area contributed by atoms with Crippen molar-refractivity contribution in [3.8, 4) is 22.6 Å². The van der Waals surface area contributed by atoms with Crippen LogP contribution in [0.2, 0.25) is 0 Å². The Bertz CT molecular complexity index is 850. The lowest BCUT2D eigenvalue weighted by atomic mass is 9.96. The summed E-state index contributed by atoms with van der Waals surface area (Å²) in [6, 6.07) is 17.0. The first-order chi connectivity index (χ1) is 11.1. The molecule has 0 radical (unpaired) electrons. The first-order valence-corrected chi connectivity index (χ1v) is 7.94. The molecule has 118 valence electrons. The Balaban J connectivity index is 2.23. The average Bonchev–Trinajstić information content (AvgIpc) is 2.55. The molecule has 0 N–H and O–H groups in total. The number of methoxy groups -OCH3 is 1. The topological polar surface area (TPSA) is 18.5 Å². The van der Waals surface area contributed by atoms with Crippen molar-refractivity contribution in [2.24, 2.45) is 0 Å². The van der Waals surface area contributed by atoms with Gasteiger partial charge in [-0.15, -0.1) is 0 Å². The molecule has 23 heavy (non-hydrogen) atoms. The van der Waals surface area contributed by atoms with Gasteiger partial charge in [-0.2, -0.15) is 0 Å². The number of hydrogen-bond acceptors (Lipinski definition) is 2. The zero-order valence-corrected chi connectivity index (χ0v) is 14.1. The maximum absolute atomic E-state index is 5.66. The van der Waals surface area contributed by atoms with Crippen LogP contribution in [0.25, 0.3) is 21.9 Å². The van der Waals surface area contributed by atoms with Crippen molar-refractivity contribution in [1.29, 1.82) is 0 Å². The van der Waals surface area contributed by atoms with Crippen LogP contribution in [0, 0.1) is 13.8 Å². The third kappa shape index (κ3) is 3.02. The van der Waals surface area contributed by atoms with E-state index in [0.717, 1.165) is 22.6 Å². The molecule has 0 aliphatic carbocycles. The molecule has 0 heterocycles. The maximum atomic E-state index is 5.66. The number of benzene rings is 3. The zero-order valence-electron chi connectivity index (χ0n) is 14.1. The highest BCUT2D eigenvalue weighted by molar-refractivity contribution is 5.91. The van der Waals surface area contributed by atoms with Crippen molar-refractivity contribution in [1.82, 2.24) is 0 Å². The molecule has 0 fully saturated rings. The molecule has 0 atom stereocenters. The van der Waals surface area contributed by atoms with E-state index in [2.05, 4.69) is 56.3 Å². The number of rotatable bonds is 4. The minimum atomic E-state index is 0.663. The van der Waals surface area contributed by atoms with Gasteiger partial charge in [-0.1, -0.05) is 29.8 Å². The van der Waals surface area contributed by atoms with E-state index in [0.29, 0.717) is 6.61 Å². The van der Waals surface area contributed by atoms with E-state index < -0.39 is 0 Å². The van der Waals surface area contributed by atoms with Gasteiger partial charge in [0.05, 0.1) is 13.7 Å². The van der Waals surface area contributed by atoms with Crippen molar-refractivity contribution >= 4 is 10.8 Å². The molecule has 0 aromatic heterocycles. The predicted octanol–water partition coefficient (Wildman–Crippen LogP) is 5.53. The molecule has 0 saturated carbocycles. The van der Waals surface area contributed by atoms with Crippen molar-refractivity contribution in [3.05, 3.63) is 59.7 Å². The first kappa shape index (κ1) is 15.4. The van der Waals surface area contributed by atoms with Crippen LogP contribution in [-0.2, 0) is 0 Å². The van der Waals surface area contributed by atoms with Gasteiger partial charge in [0.25, 0.3) is 0 Å². The molecule has 0 aliphatic heterocycles. The van der Waals surface area contributed by atoms with Crippen LogP contribution in [0.3, 0.4) is 0 Å². The zero-order chi connectivity index (χ0) is 16.4. The van der Waals surface area contributed by atoms with Crippen LogP contribution < -0.4 is 9.47 Å². The SMILES string of the molecule is CCOc1ccc(C)c(-c2cc3cc(C)ccc3cc2OC)c1. The Morgan fingerprint density at radius 2 is 1.65 bits per heavy atom. The number of aryl methyl sites for hydroxylation is 2. The van der Waals surface area contributed by atoms with Crippen molar-refractivity contribution in [2.45, 2.75) is 20.8 Å². The molecule has 0 amide bonds. The molecule has 0 saturated heterocycles. The van der Waals surface area contributed by atoms with Gasteiger partial charge in [0.2, 0.25) is 0 Å². The highest BCUT2D eigenvalue weighted by atomic mass is 16.5. The van der Waals surface area contributed by atoms with Crippen LogP contribution in [0.1, 0.15) is 18.1 Å². The van der Waals surface area contributed by atoms with Crippen LogP contribution in [0.5, 0.6) is 11.5 Å². The molecule has 0 unspecified atom stereocenters. The number of ether oxygens (including phenoxy) is 2. The van der Waals surface area contributed by atoms with Gasteiger partial charge in [0.1, 0.15) is 11.5 Å². The van der Waals surface area contributed by atoms with Crippen LogP contribution in [0.4, 0.5) is 0 Å². The van der Waals surface area contributed by atoms with Crippen molar-refractivity contribution in [2.75, 3.05) is 13.7 Å². The Kier molecular flexibility index (Phi) is 4.24. The summed E-state index contributed by atoms with van der Waals surface area (Å²) in [5.41, 5.74) is 4.72. The summed E-state index contributed by atoms with van der Waals surface area (Å²) in [6.07, 6.45) is 0. The van der Waals surface area contributed by atoms with E-state index in [-0.39, 0.29) is 0 Å². The second kappa shape index (κ2) is 6.33. The Hall–Kier alpha value is -2.48. The van der Waals surface area contributed by atoms with Gasteiger partial charge in [-0.3, -0.25) is 0 Å². The van der Waals surface area contributed by atoms with Gasteiger partial charge in [-0.25, -0.2) is 0 Å². The fourth-order valence-corrected chi connectivity index (χ4v) is 2.92. The number of fused-ring (bicyclic) bond motifs is 1. The largest absolute Gasteiger partial charge is 0.496 e. The minimum Gasteiger partial charge on any atom is -0.496 e. The minimum absolute atomic E-state index is 0.663. The maximum Gasteiger partial charge on any atom is 0.127 e. The third-order valence-corrected chi connectivity index (χ3v) is 4.12. The summed E-state index contributed by atoms with van der Waals surface area (Å²) in [5.74, 6) is 1.78. The summed E-state index contributed by atoms with van der Waals surface area (Å²) < 4.78 is 11.3. The summed E-state index contributed by atoms with van der Waals surface area (Å²) in [4.78, 5) is 0. The first-order valence-electron chi connectivity index (χ1n) is 7.94. The summed E-state index contributed by atoms with van der Waals surface area (Å²) in [7, 11) is 1.72. The fourth-order valence-electron chi connectivity index (χ4n) is 2.92. The second-order valence-electron chi connectivity index (χ2n) is 5.81. The van der Waals surface area contributed by atoms with Gasteiger partial charge in [-0.05, 0) is 66.9 Å². The molecule has 2 heteroatoms. The molecule has 3 aromatic carbocycles. The quantitative estimate of drug-likeness (QED) is 0.631. The Labute approximate surface area is 137 Å². The highest BCUT2D eigenvalue weighted by Gasteiger charge is 2.12. The van der Waals surface area contributed by atoms with E-state index in [4.69, 9.17) is 9.47 Å². The lowest BCUT2D eigenvalue weighted by Gasteiger charge is -2.14. The molecular weight excluding hydrogens is 284 g/mol. The smallest absolute Gasteiger partial charge is 0.127 e. The summed E-state index contributed by atoms with van der Waals surface area (Å²) in [6.45, 7) is 6.89. The predicted molar refractivity (Wildman–Crippen MR) is 96.6 cm³/mol. The van der Waals surface area contributed by atoms with E-state index in [9.17, 15) is 0 Å². The van der Waals surface area contributed by atoms with E-state index in [1.807, 2.05) is 13.0 Å². The number of hydrogen-bond donors (Lipinski definition) is 0. The van der Waals surface area contributed by atoms with Crippen LogP contribution in [0.15, 0.2) is 48.5 Å². The second-order valence-corrected chi connectivity index (χ2v) is 5.81. The van der Waals surface area contributed by atoms with Crippen molar-refractivity contribution in [3.63, 3.8) is 0 Å². The van der Waals surface area contributed by atoms with Gasteiger partial charge in [0, 0.05) is 5.56 Å². The molecular formula is C21H22O2. The Morgan fingerprint density at radius 1 is 0.826 bits per heavy atom. The van der Waals surface area contributed by atoms with Crippen LogP contribution >= 0.6 is 0 Å². The standard InChI is InChI=1S/C21H22O2/c1-5-23-18-9-7-15(3)19(13-18)20-11-17-10-14(2)6-8-16(17)12-21(20)22-4/h6-13H,5H2,1-4H3. The van der Waals surface area contributed by atoms with Gasteiger partial charge < -0.3 is 9.47 Å². The monoisotopic (exact) mass is 306 g/mol. The van der Waals surface area contributed by atoms with E-state index in [1.54, 1.807) is 7.11 Å².